The van der Waals surface area contributed by atoms with Crippen LogP contribution in [0.5, 0.6) is 0 Å². The number of nitrogens with zero attached hydrogens (tertiary/aromatic N) is 1. The maximum Gasteiger partial charge on any atom is 0.226 e. The average Bonchev–Trinajstić information content (AvgIpc) is 3.01. The zero-order chi connectivity index (χ0) is 14.2. The van der Waals surface area contributed by atoms with Gasteiger partial charge in [-0.3, -0.25) is 4.79 Å². The van der Waals surface area contributed by atoms with E-state index in [1.807, 2.05) is 18.7 Å². The monoisotopic (exact) mass is 281 g/mol. The SMILES string of the molecule is Cc1ccc(C2CC2C(=O)N(CC(C)O)C(C)C)s1. The Balaban J connectivity index is 2.00. The van der Waals surface area contributed by atoms with Crippen molar-refractivity contribution in [2.45, 2.75) is 52.2 Å². The van der Waals surface area contributed by atoms with Crippen LogP contribution >= 0.6 is 11.3 Å². The summed E-state index contributed by atoms with van der Waals surface area (Å²) in [6.07, 6.45) is 0.495. The van der Waals surface area contributed by atoms with Gasteiger partial charge in [-0.1, -0.05) is 0 Å². The lowest BCUT2D eigenvalue weighted by atomic mass is 10.2. The smallest absolute Gasteiger partial charge is 0.226 e. The van der Waals surface area contributed by atoms with E-state index in [1.165, 1.54) is 9.75 Å². The van der Waals surface area contributed by atoms with E-state index in [1.54, 1.807) is 18.3 Å². The molecule has 1 amide bonds. The van der Waals surface area contributed by atoms with E-state index in [2.05, 4.69) is 19.1 Å². The van der Waals surface area contributed by atoms with Crippen LogP contribution in [0.25, 0.3) is 0 Å². The molecular formula is C15H23NO2S. The molecule has 106 valence electrons. The molecule has 4 heteroatoms. The number of aliphatic hydroxyl groups excluding tert-OH is 1. The molecule has 0 spiro atoms. The molecule has 1 saturated carbocycles. The van der Waals surface area contributed by atoms with Crippen molar-refractivity contribution in [3.05, 3.63) is 21.9 Å². The van der Waals surface area contributed by atoms with E-state index in [-0.39, 0.29) is 17.9 Å². The largest absolute Gasteiger partial charge is 0.392 e. The summed E-state index contributed by atoms with van der Waals surface area (Å²) >= 11 is 1.79. The van der Waals surface area contributed by atoms with Crippen molar-refractivity contribution in [2.24, 2.45) is 5.92 Å². The van der Waals surface area contributed by atoms with E-state index < -0.39 is 6.10 Å². The lowest BCUT2D eigenvalue weighted by Crippen LogP contribution is -2.42. The fraction of sp³-hybridized carbons (Fsp3) is 0.667. The van der Waals surface area contributed by atoms with Crippen molar-refractivity contribution in [1.29, 1.82) is 0 Å². The van der Waals surface area contributed by atoms with Gasteiger partial charge in [-0.05, 0) is 46.2 Å². The molecule has 1 N–H and O–H groups in total. The molecule has 0 saturated heterocycles. The van der Waals surface area contributed by atoms with Crippen LogP contribution in [0.4, 0.5) is 0 Å². The summed E-state index contributed by atoms with van der Waals surface area (Å²) in [5.41, 5.74) is 0. The zero-order valence-electron chi connectivity index (χ0n) is 12.1. The summed E-state index contributed by atoms with van der Waals surface area (Å²) < 4.78 is 0. The number of carbonyl (C=O) groups is 1. The van der Waals surface area contributed by atoms with Crippen molar-refractivity contribution in [1.82, 2.24) is 4.90 Å². The Hall–Kier alpha value is -0.870. The predicted molar refractivity (Wildman–Crippen MR) is 78.4 cm³/mol. The number of thiophene rings is 1. The van der Waals surface area contributed by atoms with Crippen LogP contribution in [0.1, 0.15) is 42.9 Å². The minimum absolute atomic E-state index is 0.124. The highest BCUT2D eigenvalue weighted by molar-refractivity contribution is 7.12. The van der Waals surface area contributed by atoms with Gasteiger partial charge in [0.2, 0.25) is 5.91 Å². The molecule has 1 aliphatic carbocycles. The molecule has 19 heavy (non-hydrogen) atoms. The van der Waals surface area contributed by atoms with Crippen LogP contribution in [-0.4, -0.2) is 34.6 Å². The summed E-state index contributed by atoms with van der Waals surface area (Å²) in [4.78, 5) is 16.9. The van der Waals surface area contributed by atoms with Crippen molar-refractivity contribution in [3.8, 4) is 0 Å². The van der Waals surface area contributed by atoms with E-state index in [0.29, 0.717) is 12.5 Å². The molecule has 1 aromatic heterocycles. The second kappa shape index (κ2) is 5.63. The minimum Gasteiger partial charge on any atom is -0.392 e. The molecule has 3 atom stereocenters. The van der Waals surface area contributed by atoms with Crippen molar-refractivity contribution in [2.75, 3.05) is 6.54 Å². The van der Waals surface area contributed by atoms with Crippen molar-refractivity contribution in [3.63, 3.8) is 0 Å². The van der Waals surface area contributed by atoms with E-state index in [0.717, 1.165) is 6.42 Å². The molecule has 0 bridgehead atoms. The topological polar surface area (TPSA) is 40.5 Å². The number of carbonyl (C=O) groups excluding carboxylic acids is 1. The maximum atomic E-state index is 12.5. The normalized spacial score (nSPS) is 23.5. The fourth-order valence-corrected chi connectivity index (χ4v) is 3.54. The van der Waals surface area contributed by atoms with Crippen LogP contribution in [-0.2, 0) is 4.79 Å². The summed E-state index contributed by atoms with van der Waals surface area (Å²) in [5, 5.41) is 9.52. The van der Waals surface area contributed by atoms with E-state index in [4.69, 9.17) is 0 Å². The Morgan fingerprint density at radius 1 is 1.47 bits per heavy atom. The molecular weight excluding hydrogens is 258 g/mol. The molecule has 2 rings (SSSR count). The zero-order valence-corrected chi connectivity index (χ0v) is 12.9. The van der Waals surface area contributed by atoms with Gasteiger partial charge in [0.25, 0.3) is 0 Å². The van der Waals surface area contributed by atoms with Gasteiger partial charge < -0.3 is 10.0 Å². The lowest BCUT2D eigenvalue weighted by molar-refractivity contribution is -0.135. The number of hydrogen-bond donors (Lipinski definition) is 1. The van der Waals surface area contributed by atoms with E-state index >= 15 is 0 Å². The standard InChI is InChI=1S/C15H23NO2S/c1-9(2)16(8-10(3)17)15(18)13-7-12(13)14-6-5-11(4)19-14/h5-6,9-10,12-13,17H,7-8H2,1-4H3. The summed E-state index contributed by atoms with van der Waals surface area (Å²) in [7, 11) is 0. The van der Waals surface area contributed by atoms with Gasteiger partial charge in [-0.15, -0.1) is 11.3 Å². The number of amides is 1. The molecule has 0 aliphatic heterocycles. The number of aliphatic hydroxyl groups is 1. The summed E-state index contributed by atoms with van der Waals surface area (Å²) in [6.45, 7) is 8.28. The number of rotatable bonds is 5. The predicted octanol–water partition coefficient (Wildman–Crippen LogP) is 2.78. The Labute approximate surface area is 119 Å². The van der Waals surface area contributed by atoms with Crippen molar-refractivity contribution < 1.29 is 9.90 Å². The quantitative estimate of drug-likeness (QED) is 0.901. The molecule has 3 nitrogen and oxygen atoms in total. The molecule has 0 aromatic carbocycles. The third-order valence-corrected chi connectivity index (χ3v) is 4.73. The molecule has 0 radical (unpaired) electrons. The van der Waals surface area contributed by atoms with Crippen molar-refractivity contribution >= 4 is 17.2 Å². The molecule has 1 fully saturated rings. The first-order valence-corrected chi connectivity index (χ1v) is 7.76. The van der Waals surface area contributed by atoms with Crippen LogP contribution in [0, 0.1) is 12.8 Å². The van der Waals surface area contributed by atoms with Gasteiger partial charge in [0.1, 0.15) is 0 Å². The first-order valence-electron chi connectivity index (χ1n) is 6.95. The number of hydrogen-bond acceptors (Lipinski definition) is 3. The third-order valence-electron chi connectivity index (χ3n) is 3.60. The Morgan fingerprint density at radius 2 is 2.16 bits per heavy atom. The van der Waals surface area contributed by atoms with Crippen LogP contribution in [0.2, 0.25) is 0 Å². The van der Waals surface area contributed by atoms with Gasteiger partial charge in [0.15, 0.2) is 0 Å². The average molecular weight is 281 g/mol. The third kappa shape index (κ3) is 3.37. The molecule has 1 aliphatic rings. The maximum absolute atomic E-state index is 12.5. The lowest BCUT2D eigenvalue weighted by Gasteiger charge is -2.28. The Kier molecular flexibility index (Phi) is 4.31. The summed E-state index contributed by atoms with van der Waals surface area (Å²) in [6, 6.07) is 4.41. The van der Waals surface area contributed by atoms with Crippen LogP contribution in [0.15, 0.2) is 12.1 Å². The van der Waals surface area contributed by atoms with Gasteiger partial charge in [-0.2, -0.15) is 0 Å². The van der Waals surface area contributed by atoms with Gasteiger partial charge >= 0.3 is 0 Å². The van der Waals surface area contributed by atoms with E-state index in [9.17, 15) is 9.90 Å². The van der Waals surface area contributed by atoms with Gasteiger partial charge in [0, 0.05) is 34.2 Å². The second-order valence-corrected chi connectivity index (χ2v) is 7.15. The highest BCUT2D eigenvalue weighted by Crippen LogP contribution is 2.50. The fourth-order valence-electron chi connectivity index (χ4n) is 2.49. The Bertz CT molecular complexity index is 453. The Morgan fingerprint density at radius 3 is 2.63 bits per heavy atom. The van der Waals surface area contributed by atoms with Gasteiger partial charge in [0.05, 0.1) is 6.10 Å². The molecule has 1 heterocycles. The molecule has 1 aromatic rings. The highest BCUT2D eigenvalue weighted by Gasteiger charge is 2.46. The summed E-state index contributed by atoms with van der Waals surface area (Å²) in [5.74, 6) is 0.729. The number of aryl methyl sites for hydroxylation is 1. The first-order chi connectivity index (χ1) is 8.90. The molecule has 3 unspecified atom stereocenters. The minimum atomic E-state index is -0.465. The second-order valence-electron chi connectivity index (χ2n) is 5.83. The highest BCUT2D eigenvalue weighted by atomic mass is 32.1. The first kappa shape index (κ1) is 14.5. The van der Waals surface area contributed by atoms with Crippen LogP contribution < -0.4 is 0 Å². The van der Waals surface area contributed by atoms with Crippen LogP contribution in [0.3, 0.4) is 0 Å². The van der Waals surface area contributed by atoms with Gasteiger partial charge in [-0.25, -0.2) is 0 Å².